The van der Waals surface area contributed by atoms with Gasteiger partial charge < -0.3 is 10.1 Å². The smallest absolute Gasteiger partial charge is 0.165 e. The van der Waals surface area contributed by atoms with Crippen LogP contribution < -0.4 is 10.1 Å². The zero-order valence-corrected chi connectivity index (χ0v) is 13.1. The second kappa shape index (κ2) is 6.86. The van der Waals surface area contributed by atoms with Gasteiger partial charge in [-0.3, -0.25) is 0 Å². The predicted octanol–water partition coefficient (Wildman–Crippen LogP) is 4.45. The maximum absolute atomic E-state index is 14.0. The van der Waals surface area contributed by atoms with Crippen molar-refractivity contribution in [3.63, 3.8) is 0 Å². The van der Waals surface area contributed by atoms with E-state index in [0.29, 0.717) is 6.61 Å². The van der Waals surface area contributed by atoms with E-state index in [4.69, 9.17) is 4.74 Å². The molecule has 0 bridgehead atoms. The SMILES string of the molecule is CNC(C)c1ccc(OCc2ccc(Br)cc2)c(F)c1. The first-order valence-corrected chi connectivity index (χ1v) is 7.23. The van der Waals surface area contributed by atoms with E-state index in [9.17, 15) is 4.39 Å². The van der Waals surface area contributed by atoms with Gasteiger partial charge in [0.1, 0.15) is 6.61 Å². The summed E-state index contributed by atoms with van der Waals surface area (Å²) in [5.74, 6) is -0.0540. The number of nitrogens with one attached hydrogen (secondary N) is 1. The lowest BCUT2D eigenvalue weighted by Crippen LogP contribution is -2.12. The van der Waals surface area contributed by atoms with Gasteiger partial charge in [0.05, 0.1) is 0 Å². The molecule has 1 N–H and O–H groups in total. The van der Waals surface area contributed by atoms with E-state index in [-0.39, 0.29) is 17.6 Å². The highest BCUT2D eigenvalue weighted by atomic mass is 79.9. The Balaban J connectivity index is 2.04. The maximum Gasteiger partial charge on any atom is 0.165 e. The van der Waals surface area contributed by atoms with Crippen LogP contribution in [-0.4, -0.2) is 7.05 Å². The molecule has 0 radical (unpaired) electrons. The van der Waals surface area contributed by atoms with Crippen LogP contribution in [0.15, 0.2) is 46.9 Å². The molecule has 0 fully saturated rings. The van der Waals surface area contributed by atoms with Crippen LogP contribution in [0.4, 0.5) is 4.39 Å². The van der Waals surface area contributed by atoms with Gasteiger partial charge in [0.2, 0.25) is 0 Å². The van der Waals surface area contributed by atoms with Crippen LogP contribution in [0.5, 0.6) is 5.75 Å². The zero-order valence-electron chi connectivity index (χ0n) is 11.5. The second-order valence-corrected chi connectivity index (χ2v) is 5.53. The molecule has 0 aliphatic heterocycles. The average Bonchev–Trinajstić information content (AvgIpc) is 2.46. The molecule has 4 heteroatoms. The summed E-state index contributed by atoms with van der Waals surface area (Å²) in [5.41, 5.74) is 1.90. The van der Waals surface area contributed by atoms with Crippen LogP contribution in [0.25, 0.3) is 0 Å². The second-order valence-electron chi connectivity index (χ2n) is 4.62. The van der Waals surface area contributed by atoms with Crippen molar-refractivity contribution in [1.82, 2.24) is 5.32 Å². The van der Waals surface area contributed by atoms with Crippen molar-refractivity contribution < 1.29 is 9.13 Å². The Morgan fingerprint density at radius 1 is 1.20 bits per heavy atom. The highest BCUT2D eigenvalue weighted by molar-refractivity contribution is 9.10. The normalized spacial score (nSPS) is 12.2. The fourth-order valence-electron chi connectivity index (χ4n) is 1.81. The predicted molar refractivity (Wildman–Crippen MR) is 82.3 cm³/mol. The minimum absolute atomic E-state index is 0.116. The van der Waals surface area contributed by atoms with Crippen molar-refractivity contribution in [2.45, 2.75) is 19.6 Å². The summed E-state index contributed by atoms with van der Waals surface area (Å²) in [4.78, 5) is 0. The van der Waals surface area contributed by atoms with E-state index in [1.807, 2.05) is 44.3 Å². The molecule has 0 spiro atoms. The monoisotopic (exact) mass is 337 g/mol. The molecule has 0 aliphatic carbocycles. The molecule has 1 unspecified atom stereocenters. The lowest BCUT2D eigenvalue weighted by atomic mass is 10.1. The van der Waals surface area contributed by atoms with Crippen molar-refractivity contribution in [3.05, 3.63) is 63.9 Å². The molecule has 2 aromatic carbocycles. The molecule has 20 heavy (non-hydrogen) atoms. The lowest BCUT2D eigenvalue weighted by Gasteiger charge is -2.13. The van der Waals surface area contributed by atoms with E-state index in [2.05, 4.69) is 21.2 Å². The quantitative estimate of drug-likeness (QED) is 0.870. The minimum atomic E-state index is -0.332. The van der Waals surface area contributed by atoms with Crippen LogP contribution in [0.1, 0.15) is 24.1 Å². The van der Waals surface area contributed by atoms with Gasteiger partial charge in [0, 0.05) is 10.5 Å². The molecule has 0 amide bonds. The first kappa shape index (κ1) is 15.0. The first-order chi connectivity index (χ1) is 9.60. The number of hydrogen-bond acceptors (Lipinski definition) is 2. The molecule has 2 nitrogen and oxygen atoms in total. The average molecular weight is 338 g/mol. The summed E-state index contributed by atoms with van der Waals surface area (Å²) in [6.45, 7) is 2.34. The van der Waals surface area contributed by atoms with Gasteiger partial charge in [-0.25, -0.2) is 4.39 Å². The van der Waals surface area contributed by atoms with Crippen molar-refractivity contribution in [2.24, 2.45) is 0 Å². The Kier molecular flexibility index (Phi) is 5.15. The Morgan fingerprint density at radius 2 is 1.90 bits per heavy atom. The Hall–Kier alpha value is -1.39. The van der Waals surface area contributed by atoms with Crippen LogP contribution >= 0.6 is 15.9 Å². The van der Waals surface area contributed by atoms with Gasteiger partial charge in [-0.2, -0.15) is 0 Å². The third-order valence-electron chi connectivity index (χ3n) is 3.20. The number of ether oxygens (including phenoxy) is 1. The highest BCUT2D eigenvalue weighted by Gasteiger charge is 2.08. The van der Waals surface area contributed by atoms with Gasteiger partial charge in [-0.15, -0.1) is 0 Å². The van der Waals surface area contributed by atoms with Crippen LogP contribution in [0.2, 0.25) is 0 Å². The zero-order chi connectivity index (χ0) is 14.5. The van der Waals surface area contributed by atoms with E-state index >= 15 is 0 Å². The van der Waals surface area contributed by atoms with Crippen LogP contribution in [-0.2, 0) is 6.61 Å². The van der Waals surface area contributed by atoms with Crippen LogP contribution in [0.3, 0.4) is 0 Å². The fourth-order valence-corrected chi connectivity index (χ4v) is 2.08. The third-order valence-corrected chi connectivity index (χ3v) is 3.73. The molecular formula is C16H17BrFNO. The standard InChI is InChI=1S/C16H17BrFNO/c1-11(19-2)13-5-8-16(15(18)9-13)20-10-12-3-6-14(17)7-4-12/h3-9,11,19H,10H2,1-2H3. The summed E-state index contributed by atoms with van der Waals surface area (Å²) < 4.78 is 20.5. The molecule has 0 aliphatic rings. The van der Waals surface area contributed by atoms with Crippen LogP contribution in [0, 0.1) is 5.82 Å². The summed E-state index contributed by atoms with van der Waals surface area (Å²) in [6.07, 6.45) is 0. The summed E-state index contributed by atoms with van der Waals surface area (Å²) in [5, 5.41) is 3.08. The van der Waals surface area contributed by atoms with Crippen molar-refractivity contribution >= 4 is 15.9 Å². The van der Waals surface area contributed by atoms with Gasteiger partial charge in [-0.05, 0) is 49.4 Å². The fraction of sp³-hybridized carbons (Fsp3) is 0.250. The molecule has 0 aromatic heterocycles. The third kappa shape index (κ3) is 3.81. The summed E-state index contributed by atoms with van der Waals surface area (Å²) in [6, 6.07) is 12.9. The van der Waals surface area contributed by atoms with Gasteiger partial charge in [-0.1, -0.05) is 34.1 Å². The molecule has 106 valence electrons. The minimum Gasteiger partial charge on any atom is -0.486 e. The molecule has 0 saturated heterocycles. The van der Waals surface area contributed by atoms with E-state index in [0.717, 1.165) is 15.6 Å². The molecule has 0 saturated carbocycles. The Morgan fingerprint density at radius 3 is 2.50 bits per heavy atom. The number of halogens is 2. The number of rotatable bonds is 5. The van der Waals surface area contributed by atoms with Crippen molar-refractivity contribution in [2.75, 3.05) is 7.05 Å². The van der Waals surface area contributed by atoms with Gasteiger partial charge in [0.15, 0.2) is 11.6 Å². The Labute approximate surface area is 127 Å². The van der Waals surface area contributed by atoms with E-state index in [1.54, 1.807) is 6.07 Å². The first-order valence-electron chi connectivity index (χ1n) is 6.44. The largest absolute Gasteiger partial charge is 0.486 e. The summed E-state index contributed by atoms with van der Waals surface area (Å²) in [7, 11) is 1.85. The molecule has 2 aromatic rings. The molecule has 1 atom stereocenters. The molecular weight excluding hydrogens is 321 g/mol. The summed E-state index contributed by atoms with van der Waals surface area (Å²) >= 11 is 3.37. The van der Waals surface area contributed by atoms with Crippen molar-refractivity contribution in [3.8, 4) is 5.75 Å². The molecule has 0 heterocycles. The van der Waals surface area contributed by atoms with E-state index in [1.165, 1.54) is 6.07 Å². The topological polar surface area (TPSA) is 21.3 Å². The Bertz CT molecular complexity index is 571. The number of benzene rings is 2. The maximum atomic E-state index is 14.0. The number of hydrogen-bond donors (Lipinski definition) is 1. The van der Waals surface area contributed by atoms with E-state index < -0.39 is 0 Å². The van der Waals surface area contributed by atoms with Crippen molar-refractivity contribution in [1.29, 1.82) is 0 Å². The molecule has 2 rings (SSSR count). The van der Waals surface area contributed by atoms with Gasteiger partial charge in [0.25, 0.3) is 0 Å². The lowest BCUT2D eigenvalue weighted by molar-refractivity contribution is 0.290. The van der Waals surface area contributed by atoms with Gasteiger partial charge >= 0.3 is 0 Å². The highest BCUT2D eigenvalue weighted by Crippen LogP contribution is 2.23.